The van der Waals surface area contributed by atoms with Gasteiger partial charge in [-0.3, -0.25) is 10.7 Å². The number of hydrazine groups is 1. The van der Waals surface area contributed by atoms with Gasteiger partial charge in [-0.25, -0.2) is 5.43 Å². The number of aliphatic hydroxyl groups excluding tert-OH is 2. The van der Waals surface area contributed by atoms with Gasteiger partial charge in [-0.1, -0.05) is 0 Å². The molecule has 0 aromatic rings. The van der Waals surface area contributed by atoms with Gasteiger partial charge in [0.15, 0.2) is 0 Å². The van der Waals surface area contributed by atoms with Crippen molar-refractivity contribution in [3.8, 4) is 0 Å². The topological polar surface area (TPSA) is 88.6 Å². The molecule has 23 heavy (non-hydrogen) atoms. The van der Waals surface area contributed by atoms with Crippen LogP contribution in [0.1, 0.15) is 32.6 Å². The summed E-state index contributed by atoms with van der Waals surface area (Å²) in [4.78, 5) is 0. The van der Waals surface area contributed by atoms with Crippen molar-refractivity contribution >= 4 is 11.6 Å². The molecule has 2 heterocycles. The standard InChI is InChI=1S/C16H31ClN4O2/c1-9(22)7-19-16-13-8-18-5-4-11(13)15(20-21-16)12-3-2-10(17)6-14(12)23/h9-16,18-23H,2-8H2,1H3/t9-,10?,11?,12?,13?,14?,15?,16?/m1/s1. The maximum absolute atomic E-state index is 10.5. The number of halogens is 1. The average molecular weight is 347 g/mol. The van der Waals surface area contributed by atoms with Crippen molar-refractivity contribution in [1.82, 2.24) is 21.5 Å². The summed E-state index contributed by atoms with van der Waals surface area (Å²) in [6, 6.07) is 0.283. The molecule has 3 fully saturated rings. The van der Waals surface area contributed by atoms with Crippen molar-refractivity contribution in [2.75, 3.05) is 19.6 Å². The molecule has 0 bridgehead atoms. The molecule has 134 valence electrons. The molecule has 0 aromatic carbocycles. The van der Waals surface area contributed by atoms with E-state index in [1.807, 2.05) is 0 Å². The Morgan fingerprint density at radius 2 is 2.00 bits per heavy atom. The Bertz CT molecular complexity index is 387. The molecule has 3 aliphatic rings. The van der Waals surface area contributed by atoms with E-state index in [-0.39, 0.29) is 35.7 Å². The first-order valence-electron chi connectivity index (χ1n) is 9.01. The highest BCUT2D eigenvalue weighted by Gasteiger charge is 2.46. The van der Waals surface area contributed by atoms with Crippen LogP contribution in [-0.4, -0.2) is 59.6 Å². The van der Waals surface area contributed by atoms with Crippen LogP contribution in [0.15, 0.2) is 0 Å². The predicted molar refractivity (Wildman–Crippen MR) is 91.0 cm³/mol. The zero-order chi connectivity index (χ0) is 16.4. The van der Waals surface area contributed by atoms with E-state index in [1.54, 1.807) is 6.92 Å². The Labute approximate surface area is 143 Å². The van der Waals surface area contributed by atoms with Gasteiger partial charge < -0.3 is 15.5 Å². The minimum Gasteiger partial charge on any atom is -0.393 e. The SMILES string of the molecule is C[C@@H](O)CNC1NNC(C2CCC(Cl)CC2O)C2CCNCC12. The summed E-state index contributed by atoms with van der Waals surface area (Å²) < 4.78 is 0. The Morgan fingerprint density at radius 3 is 2.74 bits per heavy atom. The quantitative estimate of drug-likeness (QED) is 0.394. The predicted octanol–water partition coefficient (Wildman–Crippen LogP) is -0.247. The van der Waals surface area contributed by atoms with Gasteiger partial charge in [0, 0.05) is 36.3 Å². The molecule has 7 unspecified atom stereocenters. The Hall–Kier alpha value is 0.0500. The smallest absolute Gasteiger partial charge is 0.0749 e. The third kappa shape index (κ3) is 4.18. The summed E-state index contributed by atoms with van der Waals surface area (Å²) in [5.41, 5.74) is 6.88. The number of nitrogens with one attached hydrogen (secondary N) is 4. The van der Waals surface area contributed by atoms with Crippen LogP contribution < -0.4 is 21.5 Å². The largest absolute Gasteiger partial charge is 0.393 e. The molecule has 6 nitrogen and oxygen atoms in total. The number of hydrogen-bond donors (Lipinski definition) is 6. The van der Waals surface area contributed by atoms with E-state index in [0.717, 1.165) is 32.4 Å². The molecular weight excluding hydrogens is 316 g/mol. The highest BCUT2D eigenvalue weighted by Crippen LogP contribution is 2.38. The van der Waals surface area contributed by atoms with E-state index in [0.29, 0.717) is 24.8 Å². The molecule has 3 rings (SSSR count). The fraction of sp³-hybridized carbons (Fsp3) is 1.00. The normalized spacial score (nSPS) is 46.2. The lowest BCUT2D eigenvalue weighted by Crippen LogP contribution is -2.71. The lowest BCUT2D eigenvalue weighted by atomic mass is 9.69. The zero-order valence-electron chi connectivity index (χ0n) is 13.8. The van der Waals surface area contributed by atoms with Gasteiger partial charge in [-0.05, 0) is 45.1 Å². The van der Waals surface area contributed by atoms with Crippen molar-refractivity contribution in [2.45, 2.75) is 62.4 Å². The average Bonchev–Trinajstić information content (AvgIpc) is 2.53. The van der Waals surface area contributed by atoms with Crippen LogP contribution in [0.3, 0.4) is 0 Å². The van der Waals surface area contributed by atoms with E-state index in [9.17, 15) is 10.2 Å². The van der Waals surface area contributed by atoms with Crippen molar-refractivity contribution in [3.63, 3.8) is 0 Å². The van der Waals surface area contributed by atoms with Gasteiger partial charge in [0.25, 0.3) is 0 Å². The Kier molecular flexibility index (Phi) is 6.18. The molecule has 0 amide bonds. The van der Waals surface area contributed by atoms with Crippen molar-refractivity contribution < 1.29 is 10.2 Å². The van der Waals surface area contributed by atoms with Crippen LogP contribution in [0.25, 0.3) is 0 Å². The Morgan fingerprint density at radius 1 is 1.17 bits per heavy atom. The molecule has 1 aliphatic carbocycles. The van der Waals surface area contributed by atoms with Crippen LogP contribution in [0.5, 0.6) is 0 Å². The summed E-state index contributed by atoms with van der Waals surface area (Å²) in [5, 5.41) is 27.0. The number of fused-ring (bicyclic) bond motifs is 1. The van der Waals surface area contributed by atoms with Crippen LogP contribution in [0.4, 0.5) is 0 Å². The summed E-state index contributed by atoms with van der Waals surface area (Å²) in [5.74, 6) is 1.24. The van der Waals surface area contributed by atoms with Gasteiger partial charge in [0.2, 0.25) is 0 Å². The molecular formula is C16H31ClN4O2. The fourth-order valence-electron chi connectivity index (χ4n) is 4.58. The maximum Gasteiger partial charge on any atom is 0.0749 e. The molecule has 0 radical (unpaired) electrons. The minimum atomic E-state index is -0.356. The third-order valence-electron chi connectivity index (χ3n) is 5.78. The first kappa shape index (κ1) is 17.9. The van der Waals surface area contributed by atoms with Crippen LogP contribution in [0, 0.1) is 17.8 Å². The van der Waals surface area contributed by atoms with Gasteiger partial charge in [-0.15, -0.1) is 11.6 Å². The van der Waals surface area contributed by atoms with Gasteiger partial charge in [0.05, 0.1) is 18.4 Å². The summed E-state index contributed by atoms with van der Waals surface area (Å²) in [6.45, 7) is 4.37. The molecule has 2 saturated heterocycles. The minimum absolute atomic E-state index is 0.113. The van der Waals surface area contributed by atoms with E-state index >= 15 is 0 Å². The maximum atomic E-state index is 10.5. The van der Waals surface area contributed by atoms with E-state index in [4.69, 9.17) is 11.6 Å². The van der Waals surface area contributed by atoms with Gasteiger partial charge in [0.1, 0.15) is 0 Å². The number of rotatable bonds is 4. The van der Waals surface area contributed by atoms with Crippen molar-refractivity contribution in [3.05, 3.63) is 0 Å². The summed E-state index contributed by atoms with van der Waals surface area (Å²) in [7, 11) is 0. The van der Waals surface area contributed by atoms with Crippen LogP contribution in [0.2, 0.25) is 0 Å². The number of alkyl halides is 1. The molecule has 8 atom stereocenters. The molecule has 1 saturated carbocycles. The van der Waals surface area contributed by atoms with Crippen LogP contribution >= 0.6 is 11.6 Å². The lowest BCUT2D eigenvalue weighted by molar-refractivity contribution is -0.0206. The van der Waals surface area contributed by atoms with Gasteiger partial charge in [-0.2, -0.15) is 0 Å². The zero-order valence-corrected chi connectivity index (χ0v) is 14.6. The molecule has 6 N–H and O–H groups in total. The molecule has 0 spiro atoms. The first-order valence-corrected chi connectivity index (χ1v) is 9.45. The monoisotopic (exact) mass is 346 g/mol. The Balaban J connectivity index is 1.66. The first-order chi connectivity index (χ1) is 11.1. The lowest BCUT2D eigenvalue weighted by Gasteiger charge is -2.51. The highest BCUT2D eigenvalue weighted by molar-refractivity contribution is 6.20. The number of piperidine rings is 1. The third-order valence-corrected chi connectivity index (χ3v) is 6.17. The van der Waals surface area contributed by atoms with Crippen molar-refractivity contribution in [1.29, 1.82) is 0 Å². The number of aliphatic hydroxyl groups is 2. The molecule has 0 aromatic heterocycles. The summed E-state index contributed by atoms with van der Waals surface area (Å²) in [6.07, 6.45) is 3.25. The van der Waals surface area contributed by atoms with E-state index in [2.05, 4.69) is 21.5 Å². The van der Waals surface area contributed by atoms with Crippen molar-refractivity contribution in [2.24, 2.45) is 17.8 Å². The van der Waals surface area contributed by atoms with Crippen LogP contribution in [-0.2, 0) is 0 Å². The summed E-state index contributed by atoms with van der Waals surface area (Å²) >= 11 is 6.21. The second-order valence-corrected chi connectivity index (χ2v) is 8.13. The van der Waals surface area contributed by atoms with E-state index in [1.165, 1.54) is 0 Å². The van der Waals surface area contributed by atoms with Gasteiger partial charge >= 0.3 is 0 Å². The fourth-order valence-corrected chi connectivity index (χ4v) is 4.89. The number of hydrogen-bond acceptors (Lipinski definition) is 6. The second kappa shape index (κ2) is 7.95. The molecule has 7 heteroatoms. The molecule has 2 aliphatic heterocycles. The van der Waals surface area contributed by atoms with E-state index < -0.39 is 0 Å². The highest BCUT2D eigenvalue weighted by atomic mass is 35.5. The second-order valence-electron chi connectivity index (χ2n) is 7.51.